The van der Waals surface area contributed by atoms with E-state index in [1.165, 1.54) is 0 Å². The van der Waals surface area contributed by atoms with Crippen molar-refractivity contribution < 1.29 is 9.84 Å². The third-order valence-corrected chi connectivity index (χ3v) is 1.98. The molecule has 74 valence electrons. The second kappa shape index (κ2) is 3.32. The number of ether oxygens (including phenoxy) is 1. The minimum absolute atomic E-state index is 0.277. The van der Waals surface area contributed by atoms with E-state index in [1.807, 2.05) is 6.92 Å². The molecule has 2 atom stereocenters. The normalized spacial score (nSPS) is 30.6. The second-order valence-electron chi connectivity index (χ2n) is 4.64. The number of aliphatic hydroxyl groups is 1. The van der Waals surface area contributed by atoms with Gasteiger partial charge in [-0.25, -0.2) is 0 Å². The lowest BCUT2D eigenvalue weighted by Crippen LogP contribution is -2.24. The van der Waals surface area contributed by atoms with Gasteiger partial charge in [-0.3, -0.25) is 0 Å². The van der Waals surface area contributed by atoms with Crippen LogP contribution in [0.25, 0.3) is 0 Å². The largest absolute Gasteiger partial charge is 0.378 e. The summed E-state index contributed by atoms with van der Waals surface area (Å²) in [6, 6.07) is 0. The summed E-state index contributed by atoms with van der Waals surface area (Å²) < 4.78 is 5.11. The zero-order valence-corrected chi connectivity index (χ0v) is 8.85. The van der Waals surface area contributed by atoms with E-state index in [2.05, 4.69) is 25.7 Å². The van der Waals surface area contributed by atoms with E-state index in [0.29, 0.717) is 18.9 Å². The van der Waals surface area contributed by atoms with Gasteiger partial charge in [0, 0.05) is 0 Å². The lowest BCUT2D eigenvalue weighted by molar-refractivity contribution is 0.0973. The molecule has 1 heterocycles. The maximum atomic E-state index is 9.85. The van der Waals surface area contributed by atoms with Crippen LogP contribution in [0.2, 0.25) is 0 Å². The molecule has 1 fully saturated rings. The maximum Gasteiger partial charge on any atom is 0.149 e. The van der Waals surface area contributed by atoms with Crippen LogP contribution in [-0.4, -0.2) is 22.9 Å². The molecule has 1 aliphatic rings. The van der Waals surface area contributed by atoms with Crippen LogP contribution < -0.4 is 0 Å². The number of hydrogen-bond donors (Lipinski definition) is 1. The quantitative estimate of drug-likeness (QED) is 0.519. The predicted octanol–water partition coefficient (Wildman–Crippen LogP) is 1.58. The van der Waals surface area contributed by atoms with E-state index in [1.54, 1.807) is 6.92 Å². The molecule has 0 radical (unpaired) electrons. The number of hydrogen-bond acceptors (Lipinski definition) is 2. The van der Waals surface area contributed by atoms with Crippen molar-refractivity contribution in [3.05, 3.63) is 0 Å². The van der Waals surface area contributed by atoms with Gasteiger partial charge in [-0.05, 0) is 26.2 Å². The average molecular weight is 182 g/mol. The molecule has 0 aromatic rings. The van der Waals surface area contributed by atoms with Crippen molar-refractivity contribution >= 4 is 0 Å². The Morgan fingerprint density at radius 1 is 1.62 bits per heavy atom. The van der Waals surface area contributed by atoms with Crippen LogP contribution >= 0.6 is 0 Å². The van der Waals surface area contributed by atoms with Gasteiger partial charge in [-0.1, -0.05) is 25.7 Å². The summed E-state index contributed by atoms with van der Waals surface area (Å²) >= 11 is 0. The molecule has 1 saturated heterocycles. The van der Waals surface area contributed by atoms with Crippen molar-refractivity contribution in [3.63, 3.8) is 0 Å². The van der Waals surface area contributed by atoms with E-state index < -0.39 is 5.60 Å². The molecule has 0 aromatic carbocycles. The Morgan fingerprint density at radius 3 is 2.54 bits per heavy atom. The highest BCUT2D eigenvalue weighted by atomic mass is 16.6. The first-order chi connectivity index (χ1) is 5.83. The molecule has 1 N–H and O–H groups in total. The summed E-state index contributed by atoms with van der Waals surface area (Å²) in [4.78, 5) is 0. The minimum atomic E-state index is -0.872. The van der Waals surface area contributed by atoms with Crippen LogP contribution in [0.4, 0.5) is 0 Å². The van der Waals surface area contributed by atoms with E-state index >= 15 is 0 Å². The van der Waals surface area contributed by atoms with Gasteiger partial charge in [-0.15, -0.1) is 0 Å². The van der Waals surface area contributed by atoms with Gasteiger partial charge in [0.15, 0.2) is 0 Å². The van der Waals surface area contributed by atoms with Gasteiger partial charge in [0.05, 0.1) is 6.61 Å². The highest BCUT2D eigenvalue weighted by Gasteiger charge is 2.37. The minimum Gasteiger partial charge on any atom is -0.378 e. The van der Waals surface area contributed by atoms with Gasteiger partial charge in [0.2, 0.25) is 0 Å². The summed E-state index contributed by atoms with van der Waals surface area (Å²) in [7, 11) is 0. The van der Waals surface area contributed by atoms with E-state index in [4.69, 9.17) is 4.74 Å². The molecule has 0 spiro atoms. The highest BCUT2D eigenvalue weighted by Crippen LogP contribution is 2.25. The number of epoxide rings is 1. The molecular weight excluding hydrogens is 164 g/mol. The Labute approximate surface area is 80.3 Å². The molecule has 13 heavy (non-hydrogen) atoms. The maximum absolute atomic E-state index is 9.85. The van der Waals surface area contributed by atoms with Crippen LogP contribution in [0, 0.1) is 17.8 Å². The molecule has 2 unspecified atom stereocenters. The van der Waals surface area contributed by atoms with Crippen molar-refractivity contribution in [2.24, 2.45) is 5.92 Å². The molecule has 2 nitrogen and oxygen atoms in total. The summed E-state index contributed by atoms with van der Waals surface area (Å²) in [5.74, 6) is 6.29. The van der Waals surface area contributed by atoms with Crippen molar-refractivity contribution in [3.8, 4) is 11.8 Å². The predicted molar refractivity (Wildman–Crippen MR) is 52.2 cm³/mol. The van der Waals surface area contributed by atoms with Gasteiger partial charge in [0.25, 0.3) is 0 Å². The summed E-state index contributed by atoms with van der Waals surface area (Å²) in [5, 5.41) is 9.85. The fourth-order valence-corrected chi connectivity index (χ4v) is 1.29. The fourth-order valence-electron chi connectivity index (χ4n) is 1.29. The molecular formula is C11H18O2. The average Bonchev–Trinajstić information content (AvgIpc) is 2.63. The Kier molecular flexibility index (Phi) is 2.70. The van der Waals surface area contributed by atoms with Crippen molar-refractivity contribution in [1.29, 1.82) is 0 Å². The third-order valence-electron chi connectivity index (χ3n) is 1.98. The monoisotopic (exact) mass is 182 g/mol. The number of rotatable bonds is 2. The van der Waals surface area contributed by atoms with E-state index in [0.717, 1.165) is 0 Å². The van der Waals surface area contributed by atoms with Gasteiger partial charge >= 0.3 is 0 Å². The fraction of sp³-hybridized carbons (Fsp3) is 0.818. The molecule has 0 aromatic heterocycles. The zero-order chi connectivity index (χ0) is 10.1. The Hall–Kier alpha value is -0.520. The smallest absolute Gasteiger partial charge is 0.149 e. The molecule has 1 rings (SSSR count). The SMILES string of the molecule is CC(C)CC(C)(O)C#CC1(C)CO1. The third kappa shape index (κ3) is 3.80. The van der Waals surface area contributed by atoms with Crippen molar-refractivity contribution in [2.75, 3.05) is 6.61 Å². The molecule has 0 saturated carbocycles. The first kappa shape index (κ1) is 10.6. The van der Waals surface area contributed by atoms with Crippen molar-refractivity contribution in [1.82, 2.24) is 0 Å². The Morgan fingerprint density at radius 2 is 2.15 bits per heavy atom. The first-order valence-electron chi connectivity index (χ1n) is 4.74. The van der Waals surface area contributed by atoms with Crippen LogP contribution in [0.5, 0.6) is 0 Å². The van der Waals surface area contributed by atoms with Crippen LogP contribution in [0.1, 0.15) is 34.1 Å². The van der Waals surface area contributed by atoms with Crippen LogP contribution in [0.3, 0.4) is 0 Å². The van der Waals surface area contributed by atoms with Crippen LogP contribution in [0.15, 0.2) is 0 Å². The molecule has 0 bridgehead atoms. The summed E-state index contributed by atoms with van der Waals surface area (Å²) in [6.45, 7) is 8.53. The summed E-state index contributed by atoms with van der Waals surface area (Å²) in [6.07, 6.45) is 0.704. The topological polar surface area (TPSA) is 32.8 Å². The van der Waals surface area contributed by atoms with Crippen molar-refractivity contribution in [2.45, 2.75) is 45.3 Å². The molecule has 1 aliphatic heterocycles. The molecule has 2 heteroatoms. The van der Waals surface area contributed by atoms with E-state index in [-0.39, 0.29) is 5.60 Å². The van der Waals surface area contributed by atoms with Gasteiger partial charge in [-0.2, -0.15) is 0 Å². The zero-order valence-electron chi connectivity index (χ0n) is 8.85. The first-order valence-corrected chi connectivity index (χ1v) is 4.74. The second-order valence-corrected chi connectivity index (χ2v) is 4.64. The standard InChI is InChI=1S/C11H18O2/c1-9(2)7-10(3,12)5-6-11(4)8-13-11/h9,12H,7-8H2,1-4H3. The van der Waals surface area contributed by atoms with Gasteiger partial charge in [0.1, 0.15) is 11.2 Å². The van der Waals surface area contributed by atoms with Crippen LogP contribution in [-0.2, 0) is 4.74 Å². The van der Waals surface area contributed by atoms with Gasteiger partial charge < -0.3 is 9.84 Å². The highest BCUT2D eigenvalue weighted by molar-refractivity contribution is 5.23. The van der Waals surface area contributed by atoms with E-state index in [9.17, 15) is 5.11 Å². The lowest BCUT2D eigenvalue weighted by atomic mass is 9.94. The Balaban J connectivity index is 2.53. The summed E-state index contributed by atoms with van der Waals surface area (Å²) in [5.41, 5.74) is -1.15. The Bertz CT molecular complexity index is 239. The lowest BCUT2D eigenvalue weighted by Gasteiger charge is -2.18. The molecule has 0 amide bonds. The molecule has 0 aliphatic carbocycles.